The van der Waals surface area contributed by atoms with Gasteiger partial charge in [0.25, 0.3) is 0 Å². The molecule has 2 heterocycles. The van der Waals surface area contributed by atoms with E-state index >= 15 is 0 Å². The average molecular weight is 296 g/mol. The van der Waals surface area contributed by atoms with E-state index in [1.54, 1.807) is 0 Å². The lowest BCUT2D eigenvalue weighted by Crippen LogP contribution is -2.53. The van der Waals surface area contributed by atoms with Crippen molar-refractivity contribution in [3.05, 3.63) is 0 Å². The standard InChI is InChI=1S/C18H37N3/c1-16(2)6-5-9-19-12-14-21(15-13-19)18-7-10-20(11-8-18)17(3)4/h16-18H,5-15H2,1-4H3. The number of likely N-dealkylation sites (tertiary alicyclic amines) is 1. The summed E-state index contributed by atoms with van der Waals surface area (Å²) in [7, 11) is 0. The highest BCUT2D eigenvalue weighted by Crippen LogP contribution is 2.20. The van der Waals surface area contributed by atoms with E-state index in [1.165, 1.54) is 71.5 Å². The van der Waals surface area contributed by atoms with Gasteiger partial charge in [0.05, 0.1) is 0 Å². The fraction of sp³-hybridized carbons (Fsp3) is 1.00. The zero-order valence-electron chi connectivity index (χ0n) is 14.9. The Labute approximate surface area is 132 Å². The lowest BCUT2D eigenvalue weighted by molar-refractivity contribution is 0.0512. The molecule has 0 amide bonds. The molecule has 21 heavy (non-hydrogen) atoms. The van der Waals surface area contributed by atoms with Crippen LogP contribution in [0.15, 0.2) is 0 Å². The van der Waals surface area contributed by atoms with Crippen LogP contribution in [0.4, 0.5) is 0 Å². The van der Waals surface area contributed by atoms with E-state index in [1.807, 2.05) is 0 Å². The summed E-state index contributed by atoms with van der Waals surface area (Å²) >= 11 is 0. The van der Waals surface area contributed by atoms with Crippen molar-refractivity contribution in [2.45, 2.75) is 65.5 Å². The van der Waals surface area contributed by atoms with Gasteiger partial charge in [-0.3, -0.25) is 4.90 Å². The summed E-state index contributed by atoms with van der Waals surface area (Å²) in [5.74, 6) is 0.859. The lowest BCUT2D eigenvalue weighted by atomic mass is 10.0. The first-order chi connectivity index (χ1) is 10.1. The van der Waals surface area contributed by atoms with Crippen LogP contribution in [-0.4, -0.2) is 72.6 Å². The molecule has 2 fully saturated rings. The molecule has 2 rings (SSSR count). The molecule has 0 aromatic carbocycles. The van der Waals surface area contributed by atoms with E-state index in [0.29, 0.717) is 0 Å². The SMILES string of the molecule is CC(C)CCCN1CCN(C2CCN(C(C)C)CC2)CC1. The second kappa shape index (κ2) is 8.50. The van der Waals surface area contributed by atoms with Crippen LogP contribution in [0.3, 0.4) is 0 Å². The van der Waals surface area contributed by atoms with Gasteiger partial charge < -0.3 is 9.80 Å². The number of piperidine rings is 1. The summed E-state index contributed by atoms with van der Waals surface area (Å²) in [6.45, 7) is 18.4. The van der Waals surface area contributed by atoms with Gasteiger partial charge in [-0.05, 0) is 65.1 Å². The Hall–Kier alpha value is -0.120. The highest BCUT2D eigenvalue weighted by atomic mass is 15.3. The molecule has 0 N–H and O–H groups in total. The van der Waals surface area contributed by atoms with Gasteiger partial charge in [-0.1, -0.05) is 13.8 Å². The number of piperazine rings is 1. The summed E-state index contributed by atoms with van der Waals surface area (Å²) in [5.41, 5.74) is 0. The molecule has 0 aromatic heterocycles. The smallest absolute Gasteiger partial charge is 0.0121 e. The third-order valence-corrected chi connectivity index (χ3v) is 5.41. The second-order valence-corrected chi connectivity index (χ2v) is 7.77. The Bertz CT molecular complexity index is 274. The van der Waals surface area contributed by atoms with Crippen molar-refractivity contribution in [3.63, 3.8) is 0 Å². The van der Waals surface area contributed by atoms with E-state index in [9.17, 15) is 0 Å². The molecule has 2 aliphatic rings. The third kappa shape index (κ3) is 5.54. The summed E-state index contributed by atoms with van der Waals surface area (Å²) in [4.78, 5) is 8.09. The zero-order valence-corrected chi connectivity index (χ0v) is 14.9. The maximum atomic E-state index is 2.77. The van der Waals surface area contributed by atoms with Crippen LogP contribution >= 0.6 is 0 Å². The number of hydrogen-bond acceptors (Lipinski definition) is 3. The van der Waals surface area contributed by atoms with Gasteiger partial charge in [-0.2, -0.15) is 0 Å². The first-order valence-electron chi connectivity index (χ1n) is 9.26. The van der Waals surface area contributed by atoms with Crippen molar-refractivity contribution in [1.29, 1.82) is 0 Å². The Balaban J connectivity index is 1.63. The van der Waals surface area contributed by atoms with E-state index < -0.39 is 0 Å². The number of rotatable bonds is 6. The molecule has 2 aliphatic heterocycles. The van der Waals surface area contributed by atoms with Gasteiger partial charge in [-0.25, -0.2) is 0 Å². The maximum absolute atomic E-state index is 2.77. The molecule has 0 aromatic rings. The van der Waals surface area contributed by atoms with Crippen LogP contribution in [0.25, 0.3) is 0 Å². The molecule has 0 atom stereocenters. The lowest BCUT2D eigenvalue weighted by Gasteiger charge is -2.43. The highest BCUT2D eigenvalue weighted by Gasteiger charge is 2.27. The van der Waals surface area contributed by atoms with Crippen LogP contribution in [0.1, 0.15) is 53.4 Å². The molecule has 2 saturated heterocycles. The summed E-state index contributed by atoms with van der Waals surface area (Å²) in [6.07, 6.45) is 5.52. The second-order valence-electron chi connectivity index (χ2n) is 7.77. The largest absolute Gasteiger partial charge is 0.301 e. The van der Waals surface area contributed by atoms with Gasteiger partial charge in [0.15, 0.2) is 0 Å². The molecular weight excluding hydrogens is 258 g/mol. The zero-order chi connectivity index (χ0) is 15.2. The van der Waals surface area contributed by atoms with Crippen molar-refractivity contribution in [1.82, 2.24) is 14.7 Å². The molecule has 0 bridgehead atoms. The van der Waals surface area contributed by atoms with Gasteiger partial charge in [0, 0.05) is 38.3 Å². The molecule has 0 radical (unpaired) electrons. The van der Waals surface area contributed by atoms with E-state index in [0.717, 1.165) is 18.0 Å². The van der Waals surface area contributed by atoms with Gasteiger partial charge in [0.1, 0.15) is 0 Å². The monoisotopic (exact) mass is 295 g/mol. The summed E-state index contributed by atoms with van der Waals surface area (Å²) in [6, 6.07) is 1.58. The fourth-order valence-electron chi connectivity index (χ4n) is 3.84. The topological polar surface area (TPSA) is 9.72 Å². The predicted octanol–water partition coefficient (Wildman–Crippen LogP) is 2.91. The minimum atomic E-state index is 0.726. The van der Waals surface area contributed by atoms with Crippen LogP contribution in [0.2, 0.25) is 0 Å². The fourth-order valence-corrected chi connectivity index (χ4v) is 3.84. The number of nitrogens with zero attached hydrogens (tertiary/aromatic N) is 3. The Morgan fingerprint density at radius 2 is 1.48 bits per heavy atom. The molecule has 0 unspecified atom stereocenters. The molecular formula is C18H37N3. The van der Waals surface area contributed by atoms with Crippen LogP contribution in [-0.2, 0) is 0 Å². The molecule has 0 saturated carbocycles. The maximum Gasteiger partial charge on any atom is 0.0121 e. The van der Waals surface area contributed by atoms with Crippen LogP contribution in [0.5, 0.6) is 0 Å². The predicted molar refractivity (Wildman–Crippen MR) is 91.8 cm³/mol. The van der Waals surface area contributed by atoms with Crippen molar-refractivity contribution >= 4 is 0 Å². The van der Waals surface area contributed by atoms with E-state index in [2.05, 4.69) is 42.4 Å². The molecule has 3 heteroatoms. The molecule has 124 valence electrons. The van der Waals surface area contributed by atoms with Crippen molar-refractivity contribution in [3.8, 4) is 0 Å². The summed E-state index contributed by atoms with van der Waals surface area (Å²) in [5, 5.41) is 0. The molecule has 0 spiro atoms. The van der Waals surface area contributed by atoms with Crippen molar-refractivity contribution < 1.29 is 0 Å². The molecule has 3 nitrogen and oxygen atoms in total. The average Bonchev–Trinajstić information content (AvgIpc) is 2.48. The molecule has 0 aliphatic carbocycles. The minimum Gasteiger partial charge on any atom is -0.301 e. The first-order valence-corrected chi connectivity index (χ1v) is 9.26. The van der Waals surface area contributed by atoms with Crippen molar-refractivity contribution in [2.75, 3.05) is 45.8 Å². The Morgan fingerprint density at radius 3 is 2.00 bits per heavy atom. The quantitative estimate of drug-likeness (QED) is 0.746. The Kier molecular flexibility index (Phi) is 6.97. The summed E-state index contributed by atoms with van der Waals surface area (Å²) < 4.78 is 0. The minimum absolute atomic E-state index is 0.726. The van der Waals surface area contributed by atoms with Crippen LogP contribution in [0, 0.1) is 5.92 Å². The van der Waals surface area contributed by atoms with Gasteiger partial charge >= 0.3 is 0 Å². The van der Waals surface area contributed by atoms with E-state index in [4.69, 9.17) is 0 Å². The van der Waals surface area contributed by atoms with Gasteiger partial charge in [-0.15, -0.1) is 0 Å². The van der Waals surface area contributed by atoms with E-state index in [-0.39, 0.29) is 0 Å². The normalized spacial score (nSPS) is 24.3. The van der Waals surface area contributed by atoms with Crippen molar-refractivity contribution in [2.24, 2.45) is 5.92 Å². The third-order valence-electron chi connectivity index (χ3n) is 5.41. The van der Waals surface area contributed by atoms with Crippen LogP contribution < -0.4 is 0 Å². The first kappa shape index (κ1) is 17.2. The highest BCUT2D eigenvalue weighted by molar-refractivity contribution is 4.84. The Morgan fingerprint density at radius 1 is 0.857 bits per heavy atom. The number of hydrogen-bond donors (Lipinski definition) is 0. The van der Waals surface area contributed by atoms with Gasteiger partial charge in [0.2, 0.25) is 0 Å².